The number of hydrogen-bond acceptors (Lipinski definition) is 1. The Labute approximate surface area is 83.5 Å². The van der Waals surface area contributed by atoms with Crippen molar-refractivity contribution in [2.75, 3.05) is 0 Å². The van der Waals surface area contributed by atoms with Crippen molar-refractivity contribution in [2.45, 2.75) is 6.92 Å². The normalized spacial score (nSPS) is 10.9. The molecule has 0 aliphatic rings. The molecule has 0 fully saturated rings. The molecule has 2 heteroatoms. The highest BCUT2D eigenvalue weighted by Gasteiger charge is 1.93. The molecule has 0 saturated heterocycles. The minimum absolute atomic E-state index is 1.13. The van der Waals surface area contributed by atoms with Crippen molar-refractivity contribution in [2.24, 2.45) is 0 Å². The zero-order valence-corrected chi connectivity index (χ0v) is 8.09. The highest BCUT2D eigenvalue weighted by atomic mass is 15.0. The van der Waals surface area contributed by atoms with Gasteiger partial charge in [-0.2, -0.15) is 0 Å². The maximum absolute atomic E-state index is 4.01. The maximum atomic E-state index is 4.01. The van der Waals surface area contributed by atoms with E-state index < -0.39 is 0 Å². The topological polar surface area (TPSA) is 17.8 Å². The van der Waals surface area contributed by atoms with Gasteiger partial charge in [0.2, 0.25) is 0 Å². The van der Waals surface area contributed by atoms with E-state index in [-0.39, 0.29) is 0 Å². The van der Waals surface area contributed by atoms with E-state index in [1.807, 2.05) is 23.8 Å². The lowest BCUT2D eigenvalue weighted by Crippen LogP contribution is -1.88. The molecule has 1 aromatic carbocycles. The largest absolute Gasteiger partial charge is 0.306 e. The number of allylic oxidation sites excluding steroid dienone is 1. The van der Waals surface area contributed by atoms with Gasteiger partial charge < -0.3 is 4.57 Å². The van der Waals surface area contributed by atoms with Crippen LogP contribution in [0.25, 0.3) is 11.8 Å². The number of nitrogens with zero attached hydrogens (tertiary/aromatic N) is 2. The Morgan fingerprint density at radius 3 is 2.57 bits per heavy atom. The molecule has 2 nitrogen and oxygen atoms in total. The van der Waals surface area contributed by atoms with Crippen molar-refractivity contribution in [3.8, 4) is 5.69 Å². The highest BCUT2D eigenvalue weighted by Crippen LogP contribution is 2.10. The van der Waals surface area contributed by atoms with Gasteiger partial charge in [0.25, 0.3) is 0 Å². The molecule has 2 rings (SSSR count). The molecule has 0 aliphatic heterocycles. The first-order valence-corrected chi connectivity index (χ1v) is 4.61. The zero-order chi connectivity index (χ0) is 9.80. The minimum Gasteiger partial charge on any atom is -0.306 e. The molecule has 0 N–H and O–H groups in total. The van der Waals surface area contributed by atoms with E-state index in [2.05, 4.69) is 35.3 Å². The Morgan fingerprint density at radius 2 is 2.00 bits per heavy atom. The number of hydrogen-bond donors (Lipinski definition) is 0. The number of imidazole rings is 1. The fourth-order valence-corrected chi connectivity index (χ4v) is 1.36. The molecule has 0 radical (unpaired) electrons. The first-order valence-electron chi connectivity index (χ1n) is 4.61. The van der Waals surface area contributed by atoms with Gasteiger partial charge in [-0.15, -0.1) is 0 Å². The van der Waals surface area contributed by atoms with Gasteiger partial charge in [-0.1, -0.05) is 24.3 Å². The average molecular weight is 184 g/mol. The van der Waals surface area contributed by atoms with Crippen molar-refractivity contribution in [3.63, 3.8) is 0 Å². The van der Waals surface area contributed by atoms with Crippen LogP contribution < -0.4 is 0 Å². The molecule has 0 aliphatic carbocycles. The first kappa shape index (κ1) is 8.75. The summed E-state index contributed by atoms with van der Waals surface area (Å²) in [5, 5.41) is 0. The summed E-state index contributed by atoms with van der Waals surface area (Å²) in [6.45, 7) is 2.02. The predicted octanol–water partition coefficient (Wildman–Crippen LogP) is 2.91. The van der Waals surface area contributed by atoms with E-state index in [0.717, 1.165) is 5.69 Å². The summed E-state index contributed by atoms with van der Waals surface area (Å²) in [5.74, 6) is 0. The summed E-state index contributed by atoms with van der Waals surface area (Å²) < 4.78 is 1.99. The van der Waals surface area contributed by atoms with Crippen LogP contribution in [0.1, 0.15) is 12.5 Å². The Kier molecular flexibility index (Phi) is 2.45. The second-order valence-electron chi connectivity index (χ2n) is 3.06. The maximum Gasteiger partial charge on any atom is 0.0991 e. The third kappa shape index (κ3) is 1.74. The minimum atomic E-state index is 1.13. The molecule has 1 aromatic heterocycles. The molecule has 0 unspecified atom stereocenters. The van der Waals surface area contributed by atoms with E-state index >= 15 is 0 Å². The number of aromatic nitrogens is 2. The van der Waals surface area contributed by atoms with E-state index in [9.17, 15) is 0 Å². The molecule has 0 amide bonds. The lowest BCUT2D eigenvalue weighted by Gasteiger charge is -2.01. The van der Waals surface area contributed by atoms with Gasteiger partial charge in [-0.3, -0.25) is 0 Å². The summed E-state index contributed by atoms with van der Waals surface area (Å²) in [5.41, 5.74) is 2.35. The van der Waals surface area contributed by atoms with Crippen LogP contribution in [0.5, 0.6) is 0 Å². The second kappa shape index (κ2) is 3.92. The summed E-state index contributed by atoms with van der Waals surface area (Å²) in [6, 6.07) is 8.35. The molecule has 2 aromatic rings. The summed E-state index contributed by atoms with van der Waals surface area (Å²) in [4.78, 5) is 4.01. The van der Waals surface area contributed by atoms with Crippen LogP contribution in [0, 0.1) is 0 Å². The van der Waals surface area contributed by atoms with Gasteiger partial charge in [-0.25, -0.2) is 4.98 Å². The van der Waals surface area contributed by atoms with Crippen LogP contribution in [0.3, 0.4) is 0 Å². The molecule has 70 valence electrons. The third-order valence-corrected chi connectivity index (χ3v) is 2.05. The standard InChI is InChI=1S/C12H12N2/c1-2-3-11-4-6-12(7-5-11)14-9-8-13-10-14/h2-10H,1H3. The first-order chi connectivity index (χ1) is 6.90. The Morgan fingerprint density at radius 1 is 1.21 bits per heavy atom. The summed E-state index contributed by atoms with van der Waals surface area (Å²) in [6.07, 6.45) is 9.62. The molecule has 0 saturated carbocycles. The average Bonchev–Trinajstić information content (AvgIpc) is 2.72. The third-order valence-electron chi connectivity index (χ3n) is 2.05. The van der Waals surface area contributed by atoms with E-state index in [4.69, 9.17) is 0 Å². The fourth-order valence-electron chi connectivity index (χ4n) is 1.36. The Hall–Kier alpha value is -1.83. The monoisotopic (exact) mass is 184 g/mol. The van der Waals surface area contributed by atoms with Gasteiger partial charge in [-0.05, 0) is 24.6 Å². The van der Waals surface area contributed by atoms with Crippen molar-refractivity contribution in [1.29, 1.82) is 0 Å². The van der Waals surface area contributed by atoms with Gasteiger partial charge in [0.1, 0.15) is 0 Å². The Balaban J connectivity index is 2.31. The molecular formula is C12H12N2. The summed E-state index contributed by atoms with van der Waals surface area (Å²) >= 11 is 0. The smallest absolute Gasteiger partial charge is 0.0991 e. The predicted molar refractivity (Wildman–Crippen MR) is 58.3 cm³/mol. The molecule has 0 spiro atoms. The van der Waals surface area contributed by atoms with E-state index in [1.165, 1.54) is 5.56 Å². The Bertz CT molecular complexity index is 410. The van der Waals surface area contributed by atoms with Crippen LogP contribution >= 0.6 is 0 Å². The van der Waals surface area contributed by atoms with Crippen molar-refractivity contribution in [1.82, 2.24) is 9.55 Å². The quantitative estimate of drug-likeness (QED) is 0.701. The molecule has 1 heterocycles. The van der Waals surface area contributed by atoms with E-state index in [0.29, 0.717) is 0 Å². The van der Waals surface area contributed by atoms with Crippen molar-refractivity contribution < 1.29 is 0 Å². The van der Waals surface area contributed by atoms with Gasteiger partial charge in [0.05, 0.1) is 6.33 Å². The summed E-state index contributed by atoms with van der Waals surface area (Å²) in [7, 11) is 0. The molecule has 0 atom stereocenters. The van der Waals surface area contributed by atoms with Crippen LogP contribution in [-0.2, 0) is 0 Å². The zero-order valence-electron chi connectivity index (χ0n) is 8.09. The van der Waals surface area contributed by atoms with Crippen molar-refractivity contribution in [3.05, 3.63) is 54.6 Å². The second-order valence-corrected chi connectivity index (χ2v) is 3.06. The highest BCUT2D eigenvalue weighted by molar-refractivity contribution is 5.51. The molecule has 0 bridgehead atoms. The number of rotatable bonds is 2. The van der Waals surface area contributed by atoms with Gasteiger partial charge >= 0.3 is 0 Å². The SMILES string of the molecule is CC=Cc1ccc(-n2ccnc2)cc1. The van der Waals surface area contributed by atoms with E-state index in [1.54, 1.807) is 12.5 Å². The fraction of sp³-hybridized carbons (Fsp3) is 0.0833. The number of benzene rings is 1. The van der Waals surface area contributed by atoms with Gasteiger partial charge in [0.15, 0.2) is 0 Å². The van der Waals surface area contributed by atoms with Crippen LogP contribution in [0.4, 0.5) is 0 Å². The van der Waals surface area contributed by atoms with Crippen molar-refractivity contribution >= 4 is 6.08 Å². The van der Waals surface area contributed by atoms with Crippen LogP contribution in [-0.4, -0.2) is 9.55 Å². The molecular weight excluding hydrogens is 172 g/mol. The van der Waals surface area contributed by atoms with Crippen LogP contribution in [0.2, 0.25) is 0 Å². The molecule has 14 heavy (non-hydrogen) atoms. The van der Waals surface area contributed by atoms with Crippen LogP contribution in [0.15, 0.2) is 49.1 Å². The van der Waals surface area contributed by atoms with Gasteiger partial charge in [0, 0.05) is 18.1 Å². The lowest BCUT2D eigenvalue weighted by atomic mass is 10.2. The lowest BCUT2D eigenvalue weighted by molar-refractivity contribution is 1.06.